The van der Waals surface area contributed by atoms with Crippen LogP contribution in [0.5, 0.6) is 0 Å². The predicted molar refractivity (Wildman–Crippen MR) is 107 cm³/mol. The lowest BCUT2D eigenvalue weighted by molar-refractivity contribution is -0.280. The topological polar surface area (TPSA) is 57.2 Å². The first-order valence-electron chi connectivity index (χ1n) is 11.8. The highest BCUT2D eigenvalue weighted by atomic mass is 19.1. The molecule has 2 heterocycles. The van der Waals surface area contributed by atoms with Crippen molar-refractivity contribution in [1.29, 1.82) is 0 Å². The van der Waals surface area contributed by atoms with Crippen LogP contribution in [0.15, 0.2) is 11.6 Å². The van der Waals surface area contributed by atoms with Crippen molar-refractivity contribution in [1.82, 2.24) is 0 Å². The molecule has 5 fully saturated rings. The number of fused-ring (bicyclic) bond motifs is 7. The lowest BCUT2D eigenvalue weighted by Crippen LogP contribution is -2.71. The van der Waals surface area contributed by atoms with Crippen LogP contribution < -0.4 is 0 Å². The van der Waals surface area contributed by atoms with Gasteiger partial charge in [-0.3, -0.25) is 0 Å². The Labute approximate surface area is 178 Å². The molecule has 9 atom stereocenters. The summed E-state index contributed by atoms with van der Waals surface area (Å²) in [6.45, 7) is 7.12. The highest BCUT2D eigenvalue weighted by Gasteiger charge is 2.81. The summed E-state index contributed by atoms with van der Waals surface area (Å²) in [4.78, 5) is 0. The molecule has 2 aliphatic heterocycles. The molecule has 0 radical (unpaired) electrons. The molecule has 168 valence electrons. The van der Waals surface area contributed by atoms with E-state index >= 15 is 4.39 Å². The van der Waals surface area contributed by atoms with Crippen molar-refractivity contribution in [3.63, 3.8) is 0 Å². The van der Waals surface area contributed by atoms with E-state index in [0.29, 0.717) is 13.0 Å². The van der Waals surface area contributed by atoms with Gasteiger partial charge in [0.25, 0.3) is 0 Å². The van der Waals surface area contributed by atoms with E-state index in [4.69, 9.17) is 18.9 Å². The third kappa shape index (κ3) is 1.95. The van der Waals surface area contributed by atoms with Crippen LogP contribution in [-0.4, -0.2) is 48.5 Å². The molecule has 0 aromatic heterocycles. The van der Waals surface area contributed by atoms with Gasteiger partial charge in [-0.2, -0.15) is 0 Å². The number of rotatable bonds is 0. The molecule has 1 unspecified atom stereocenters. The van der Waals surface area contributed by atoms with Crippen LogP contribution in [0.25, 0.3) is 0 Å². The second-order valence-electron chi connectivity index (χ2n) is 11.3. The van der Waals surface area contributed by atoms with Crippen molar-refractivity contribution in [3.05, 3.63) is 11.6 Å². The minimum atomic E-state index is -1.59. The SMILES string of the molecule is C[C@H]1C[C@H]2[C@@H]3CCC4=CCCC[C@]4(C)[C@@]3(F)[C@@H](O)C[C@]2(C)[C@]12OCOC21COCO1. The molecule has 4 aliphatic carbocycles. The van der Waals surface area contributed by atoms with Gasteiger partial charge in [0, 0.05) is 16.7 Å². The molecule has 0 amide bonds. The zero-order chi connectivity index (χ0) is 21.0. The van der Waals surface area contributed by atoms with Crippen LogP contribution in [0.2, 0.25) is 0 Å². The van der Waals surface area contributed by atoms with Gasteiger partial charge in [-0.15, -0.1) is 0 Å². The van der Waals surface area contributed by atoms with Gasteiger partial charge in [0.1, 0.15) is 17.9 Å². The largest absolute Gasteiger partial charge is 0.390 e. The highest BCUT2D eigenvalue weighted by Crippen LogP contribution is 2.74. The van der Waals surface area contributed by atoms with Gasteiger partial charge in [0.2, 0.25) is 5.79 Å². The predicted octanol–water partition coefficient (Wildman–Crippen LogP) is 4.09. The molecule has 1 N–H and O–H groups in total. The molecule has 6 rings (SSSR count). The third-order valence-corrected chi connectivity index (χ3v) is 10.5. The van der Waals surface area contributed by atoms with Crippen LogP contribution in [0.1, 0.15) is 65.7 Å². The molecule has 5 nitrogen and oxygen atoms in total. The van der Waals surface area contributed by atoms with Crippen molar-refractivity contribution in [2.24, 2.45) is 28.6 Å². The Bertz CT molecular complexity index is 774. The Morgan fingerprint density at radius 1 is 1.13 bits per heavy atom. The van der Waals surface area contributed by atoms with E-state index in [2.05, 4.69) is 26.8 Å². The standard InChI is InChI=1S/C24H35FO5/c1-15-10-18-17-8-7-16-6-4-5-9-20(16,2)23(17,25)19(26)11-21(18,3)24(15)22(29-14-30-24)12-27-13-28-22/h6,15,17-19,26H,4-5,7-14H2,1-3H3/t15-,17-,18-,19-,20-,21-,22?,23-,24+/m0/s1. The Morgan fingerprint density at radius 2 is 1.93 bits per heavy atom. The van der Waals surface area contributed by atoms with E-state index in [9.17, 15) is 5.11 Å². The molecular weight excluding hydrogens is 387 g/mol. The molecule has 2 saturated heterocycles. The lowest BCUT2D eigenvalue weighted by Gasteiger charge is -2.64. The molecule has 0 bridgehead atoms. The summed E-state index contributed by atoms with van der Waals surface area (Å²) >= 11 is 0. The van der Waals surface area contributed by atoms with Crippen molar-refractivity contribution >= 4 is 0 Å². The quantitative estimate of drug-likeness (QED) is 0.596. The minimum absolute atomic E-state index is 0.115. The zero-order valence-corrected chi connectivity index (χ0v) is 18.4. The molecule has 6 heteroatoms. The maximum Gasteiger partial charge on any atom is 0.227 e. The van der Waals surface area contributed by atoms with Gasteiger partial charge in [0.05, 0.1) is 6.10 Å². The third-order valence-electron chi connectivity index (χ3n) is 10.5. The van der Waals surface area contributed by atoms with E-state index in [-0.39, 0.29) is 31.3 Å². The monoisotopic (exact) mass is 422 g/mol. The van der Waals surface area contributed by atoms with Crippen LogP contribution in [0.4, 0.5) is 4.39 Å². The fraction of sp³-hybridized carbons (Fsp3) is 0.917. The number of alkyl halides is 1. The number of aliphatic hydroxyl groups excluding tert-OH is 1. The molecule has 30 heavy (non-hydrogen) atoms. The maximum absolute atomic E-state index is 17.3. The smallest absolute Gasteiger partial charge is 0.227 e. The number of halogens is 1. The van der Waals surface area contributed by atoms with Crippen LogP contribution in [-0.2, 0) is 18.9 Å². The first-order chi connectivity index (χ1) is 14.3. The van der Waals surface area contributed by atoms with E-state index in [0.717, 1.165) is 38.5 Å². The summed E-state index contributed by atoms with van der Waals surface area (Å²) in [5.41, 5.74) is -2.09. The number of ether oxygens (including phenoxy) is 4. The van der Waals surface area contributed by atoms with Crippen molar-refractivity contribution in [3.8, 4) is 0 Å². The van der Waals surface area contributed by atoms with E-state index in [1.54, 1.807) is 0 Å². The van der Waals surface area contributed by atoms with E-state index in [1.165, 1.54) is 5.57 Å². The molecular formula is C24H35FO5. The Morgan fingerprint density at radius 3 is 2.70 bits per heavy atom. The summed E-state index contributed by atoms with van der Waals surface area (Å²) in [7, 11) is 0. The second-order valence-corrected chi connectivity index (χ2v) is 11.3. The van der Waals surface area contributed by atoms with Crippen molar-refractivity contribution in [2.75, 3.05) is 20.2 Å². The fourth-order valence-electron chi connectivity index (χ4n) is 9.28. The van der Waals surface area contributed by atoms with Crippen LogP contribution in [0.3, 0.4) is 0 Å². The maximum atomic E-state index is 17.3. The Balaban J connectivity index is 1.48. The van der Waals surface area contributed by atoms with Crippen molar-refractivity contribution in [2.45, 2.75) is 88.9 Å². The molecule has 0 aromatic rings. The van der Waals surface area contributed by atoms with Crippen molar-refractivity contribution < 1.29 is 28.4 Å². The highest BCUT2D eigenvalue weighted by molar-refractivity contribution is 5.33. The zero-order valence-electron chi connectivity index (χ0n) is 18.4. The number of aliphatic hydroxyl groups is 1. The molecule has 6 aliphatic rings. The summed E-state index contributed by atoms with van der Waals surface area (Å²) < 4.78 is 41.5. The van der Waals surface area contributed by atoms with Gasteiger partial charge in [-0.05, 0) is 56.8 Å². The number of allylic oxidation sites excluding steroid dienone is 2. The average Bonchev–Trinajstić information content (AvgIpc) is 3.39. The lowest BCUT2D eigenvalue weighted by atomic mass is 9.43. The number of hydrogen-bond donors (Lipinski definition) is 1. The summed E-state index contributed by atoms with van der Waals surface area (Å²) in [6, 6.07) is 0. The normalized spacial score (nSPS) is 59.8. The van der Waals surface area contributed by atoms with Gasteiger partial charge in [0.15, 0.2) is 13.6 Å². The van der Waals surface area contributed by atoms with E-state index in [1.807, 2.05) is 0 Å². The van der Waals surface area contributed by atoms with E-state index < -0.39 is 34.0 Å². The summed E-state index contributed by atoms with van der Waals surface area (Å²) in [6.07, 6.45) is 7.06. The molecule has 0 aromatic carbocycles. The first-order valence-corrected chi connectivity index (χ1v) is 11.8. The molecule has 3 saturated carbocycles. The summed E-state index contributed by atoms with van der Waals surface area (Å²) in [5.74, 6) is -0.899. The first kappa shape index (κ1) is 20.1. The Kier molecular flexibility index (Phi) is 4.07. The average molecular weight is 423 g/mol. The fourth-order valence-corrected chi connectivity index (χ4v) is 9.28. The van der Waals surface area contributed by atoms with Gasteiger partial charge < -0.3 is 24.1 Å². The summed E-state index contributed by atoms with van der Waals surface area (Å²) in [5, 5.41) is 11.6. The van der Waals surface area contributed by atoms with Gasteiger partial charge >= 0.3 is 0 Å². The molecule has 2 spiro atoms. The Hall–Kier alpha value is -0.530. The van der Waals surface area contributed by atoms with Gasteiger partial charge in [-0.25, -0.2) is 4.39 Å². The van der Waals surface area contributed by atoms with Crippen LogP contribution >= 0.6 is 0 Å². The minimum Gasteiger partial charge on any atom is -0.390 e. The second kappa shape index (κ2) is 6.07. The number of hydrogen-bond acceptors (Lipinski definition) is 5. The van der Waals surface area contributed by atoms with Crippen LogP contribution in [0, 0.1) is 28.6 Å². The van der Waals surface area contributed by atoms with Gasteiger partial charge in [-0.1, -0.05) is 32.4 Å².